The predicted molar refractivity (Wildman–Crippen MR) is 182 cm³/mol. The highest BCUT2D eigenvalue weighted by atomic mass is 28.4. The molecule has 3 aromatic rings. The number of aliphatic hydroxyl groups is 1. The number of β-lactam (4-membered cyclic amide) rings is 1. The second-order valence-electron chi connectivity index (χ2n) is 14.0. The van der Waals surface area contributed by atoms with Crippen LogP contribution in [-0.4, -0.2) is 68.5 Å². The minimum atomic E-state index is -3.51. The van der Waals surface area contributed by atoms with Crippen molar-refractivity contribution in [2.24, 2.45) is 5.92 Å². The third kappa shape index (κ3) is 5.23. The highest BCUT2D eigenvalue weighted by Gasteiger charge is 2.67. The standard InChI is InChI=1S/C37H42FN3O6Si/c1-23-35(48(3,4)38)32(19-34(44)40-21-26-8-6-5-7-25(26)17-28(40)22-42)47-37(23)30-18-29(46-2)13-14-31(30)41(36(37)45)20-24-9-11-27(12-10-24)39-16-15-33(39)43/h5-14,18,23,28,32,35,42H,15-17,19-22H2,1-4H3/t23-,28+,32+,35-,37+/m1/s1. The van der Waals surface area contributed by atoms with Crippen molar-refractivity contribution in [3.63, 3.8) is 0 Å². The largest absolute Gasteiger partial charge is 0.497 e. The van der Waals surface area contributed by atoms with E-state index in [1.54, 1.807) is 47.0 Å². The number of carbonyl (C=O) groups excluding carboxylic acids is 3. The maximum Gasteiger partial charge on any atom is 0.264 e. The monoisotopic (exact) mass is 671 g/mol. The smallest absolute Gasteiger partial charge is 0.264 e. The van der Waals surface area contributed by atoms with Crippen LogP contribution in [-0.2, 0) is 44.2 Å². The molecular weight excluding hydrogens is 630 g/mol. The van der Waals surface area contributed by atoms with Gasteiger partial charge >= 0.3 is 0 Å². The maximum absolute atomic E-state index is 16.4. The van der Waals surface area contributed by atoms with Gasteiger partial charge in [-0.25, -0.2) is 0 Å². The summed E-state index contributed by atoms with van der Waals surface area (Å²) < 4.78 is 28.9. The quantitative estimate of drug-likeness (QED) is 0.204. The Labute approximate surface area is 281 Å². The number of anilines is 2. The average Bonchev–Trinajstić information content (AvgIpc) is 3.49. The summed E-state index contributed by atoms with van der Waals surface area (Å²) in [5.41, 5.74) is 2.93. The topological polar surface area (TPSA) is 99.6 Å². The van der Waals surface area contributed by atoms with Crippen molar-refractivity contribution in [2.75, 3.05) is 30.1 Å². The molecule has 0 radical (unpaired) electrons. The normalized spacial score (nSPS) is 26.5. The van der Waals surface area contributed by atoms with Gasteiger partial charge in [0.05, 0.1) is 44.5 Å². The minimum Gasteiger partial charge on any atom is -0.497 e. The highest BCUT2D eigenvalue weighted by molar-refractivity contribution is 6.72. The Morgan fingerprint density at radius 2 is 1.81 bits per heavy atom. The van der Waals surface area contributed by atoms with Crippen molar-refractivity contribution >= 4 is 37.5 Å². The van der Waals surface area contributed by atoms with Gasteiger partial charge in [-0.2, -0.15) is 0 Å². The van der Waals surface area contributed by atoms with Crippen molar-refractivity contribution in [1.82, 2.24) is 4.90 Å². The Morgan fingerprint density at radius 1 is 1.08 bits per heavy atom. The number of nitrogens with zero attached hydrogens (tertiary/aromatic N) is 3. The number of methoxy groups -OCH3 is 1. The molecule has 252 valence electrons. The lowest BCUT2D eigenvalue weighted by molar-refractivity contribution is -0.151. The zero-order valence-corrected chi connectivity index (χ0v) is 28.8. The lowest BCUT2D eigenvalue weighted by Crippen LogP contribution is -2.48. The molecule has 2 saturated heterocycles. The molecule has 9 nitrogen and oxygen atoms in total. The van der Waals surface area contributed by atoms with Gasteiger partial charge in [0.2, 0.25) is 20.2 Å². The molecular formula is C37H42FN3O6Si. The molecule has 0 bridgehead atoms. The lowest BCUT2D eigenvalue weighted by Gasteiger charge is -2.37. The zero-order chi connectivity index (χ0) is 34.0. The third-order valence-corrected chi connectivity index (χ3v) is 13.3. The number of carbonyl (C=O) groups is 3. The van der Waals surface area contributed by atoms with Crippen molar-refractivity contribution < 1.29 is 33.1 Å². The Kier molecular flexibility index (Phi) is 8.20. The second kappa shape index (κ2) is 12.1. The van der Waals surface area contributed by atoms with Crippen LogP contribution in [0.2, 0.25) is 18.6 Å². The molecule has 2 fully saturated rings. The van der Waals surface area contributed by atoms with Gasteiger partial charge in [0, 0.05) is 42.2 Å². The van der Waals surface area contributed by atoms with Gasteiger partial charge in [-0.1, -0.05) is 43.3 Å². The number of rotatable bonds is 8. The SMILES string of the molecule is COc1ccc2c(c1)[C@]1(O[C@@H](CC(=O)N3Cc4ccccc4C[C@H]3CO)[C@H]([Si](C)(C)F)[C@H]1C)C(=O)N2Cc1ccc(N2CCC2=O)cc1. The summed E-state index contributed by atoms with van der Waals surface area (Å²) in [7, 11) is -1.95. The Bertz CT molecular complexity index is 1760. The van der Waals surface area contributed by atoms with Crippen LogP contribution >= 0.6 is 0 Å². The Balaban J connectivity index is 1.21. The van der Waals surface area contributed by atoms with Crippen molar-refractivity contribution in [3.8, 4) is 5.75 Å². The number of aliphatic hydroxyl groups excluding tert-OH is 1. The summed E-state index contributed by atoms with van der Waals surface area (Å²) in [4.78, 5) is 45.9. The molecule has 0 aromatic heterocycles. The second-order valence-corrected chi connectivity index (χ2v) is 17.8. The van der Waals surface area contributed by atoms with E-state index in [9.17, 15) is 19.5 Å². The number of hydrogen-bond donors (Lipinski definition) is 1. The molecule has 1 N–H and O–H groups in total. The molecule has 0 unspecified atom stereocenters. The fraction of sp³-hybridized carbons (Fsp3) is 0.432. The fourth-order valence-corrected chi connectivity index (χ4v) is 10.9. The van der Waals surface area contributed by atoms with E-state index in [1.165, 1.54) is 0 Å². The molecule has 1 spiro atoms. The van der Waals surface area contributed by atoms with Crippen LogP contribution in [0.25, 0.3) is 0 Å². The number of fused-ring (bicyclic) bond motifs is 3. The van der Waals surface area contributed by atoms with Crippen LogP contribution in [0.15, 0.2) is 66.7 Å². The van der Waals surface area contributed by atoms with E-state index in [-0.39, 0.29) is 37.3 Å². The maximum atomic E-state index is 16.4. The Hall–Kier alpha value is -4.06. The van der Waals surface area contributed by atoms with E-state index in [0.717, 1.165) is 22.4 Å². The molecule has 0 aliphatic carbocycles. The molecule has 5 atom stereocenters. The summed E-state index contributed by atoms with van der Waals surface area (Å²) in [5, 5.41) is 10.2. The molecule has 4 heterocycles. The molecule has 11 heteroatoms. The first-order valence-electron chi connectivity index (χ1n) is 16.7. The van der Waals surface area contributed by atoms with Crippen LogP contribution < -0.4 is 14.5 Å². The first kappa shape index (κ1) is 32.5. The molecule has 3 aromatic carbocycles. The van der Waals surface area contributed by atoms with Crippen LogP contribution in [0.5, 0.6) is 5.75 Å². The fourth-order valence-electron chi connectivity index (χ4n) is 8.39. The van der Waals surface area contributed by atoms with Crippen molar-refractivity contribution in [3.05, 3.63) is 89.0 Å². The average molecular weight is 672 g/mol. The summed E-state index contributed by atoms with van der Waals surface area (Å²) in [6.07, 6.45) is 0.142. The van der Waals surface area contributed by atoms with Gasteiger partial charge in [-0.15, -0.1) is 0 Å². The number of benzene rings is 3. The number of amides is 3. The third-order valence-electron chi connectivity index (χ3n) is 10.9. The molecule has 48 heavy (non-hydrogen) atoms. The molecule has 4 aliphatic heterocycles. The van der Waals surface area contributed by atoms with Gasteiger partial charge in [0.15, 0.2) is 5.60 Å². The van der Waals surface area contributed by atoms with Gasteiger partial charge in [-0.3, -0.25) is 14.4 Å². The van der Waals surface area contributed by atoms with Gasteiger partial charge in [0.1, 0.15) is 5.75 Å². The number of ether oxygens (including phenoxy) is 2. The van der Waals surface area contributed by atoms with E-state index < -0.39 is 37.6 Å². The number of hydrogen-bond acceptors (Lipinski definition) is 6. The van der Waals surface area contributed by atoms with Gasteiger partial charge < -0.3 is 33.4 Å². The van der Waals surface area contributed by atoms with Crippen LogP contribution in [0.3, 0.4) is 0 Å². The van der Waals surface area contributed by atoms with E-state index in [2.05, 4.69) is 0 Å². The van der Waals surface area contributed by atoms with Crippen LogP contribution in [0.4, 0.5) is 15.5 Å². The summed E-state index contributed by atoms with van der Waals surface area (Å²) in [6.45, 7) is 6.23. The molecule has 7 rings (SSSR count). The zero-order valence-electron chi connectivity index (χ0n) is 27.8. The van der Waals surface area contributed by atoms with E-state index in [4.69, 9.17) is 9.47 Å². The lowest BCUT2D eigenvalue weighted by atomic mass is 9.82. The first-order chi connectivity index (χ1) is 23.0. The first-order valence-corrected chi connectivity index (χ1v) is 19.7. The Morgan fingerprint density at radius 3 is 2.44 bits per heavy atom. The summed E-state index contributed by atoms with van der Waals surface area (Å²) in [5.74, 6) is -0.448. The van der Waals surface area contributed by atoms with Gasteiger partial charge in [-0.05, 0) is 66.5 Å². The summed E-state index contributed by atoms with van der Waals surface area (Å²) in [6, 6.07) is 20.5. The minimum absolute atomic E-state index is 0.0913. The molecule has 4 aliphatic rings. The van der Waals surface area contributed by atoms with Crippen LogP contribution in [0, 0.1) is 5.92 Å². The van der Waals surface area contributed by atoms with Crippen molar-refractivity contribution in [1.29, 1.82) is 0 Å². The van der Waals surface area contributed by atoms with Gasteiger partial charge in [0.25, 0.3) is 5.91 Å². The predicted octanol–water partition coefficient (Wildman–Crippen LogP) is 5.09. The van der Waals surface area contributed by atoms with Crippen molar-refractivity contribution in [2.45, 2.75) is 75.7 Å². The molecule has 0 saturated carbocycles. The summed E-state index contributed by atoms with van der Waals surface area (Å²) >= 11 is 0. The highest BCUT2D eigenvalue weighted by Crippen LogP contribution is 2.60. The molecule has 3 amide bonds. The van der Waals surface area contributed by atoms with Crippen LogP contribution in [0.1, 0.15) is 42.0 Å². The van der Waals surface area contributed by atoms with E-state index >= 15 is 4.11 Å². The van der Waals surface area contributed by atoms with E-state index in [1.807, 2.05) is 61.5 Å². The van der Waals surface area contributed by atoms with E-state index in [0.29, 0.717) is 42.9 Å². The number of halogens is 1.